The molecule has 1 atom stereocenters. The van der Waals surface area contributed by atoms with E-state index in [0.717, 1.165) is 30.9 Å². The predicted molar refractivity (Wildman–Crippen MR) is 115 cm³/mol. The Kier molecular flexibility index (Phi) is 5.29. The molecule has 142 valence electrons. The molecule has 1 unspecified atom stereocenters. The molecule has 4 rings (SSSR count). The summed E-state index contributed by atoms with van der Waals surface area (Å²) in [5, 5.41) is 0. The fourth-order valence-corrected chi connectivity index (χ4v) is 3.77. The molecule has 1 aliphatic heterocycles. The third-order valence-corrected chi connectivity index (χ3v) is 5.37. The van der Waals surface area contributed by atoms with Crippen LogP contribution in [-0.4, -0.2) is 37.1 Å². The van der Waals surface area contributed by atoms with Crippen LogP contribution in [0.25, 0.3) is 0 Å². The highest BCUT2D eigenvalue weighted by Crippen LogP contribution is 2.29. The van der Waals surface area contributed by atoms with Gasteiger partial charge in [0.25, 0.3) is 0 Å². The van der Waals surface area contributed by atoms with E-state index in [1.807, 2.05) is 76.5 Å². The second-order valence-electron chi connectivity index (χ2n) is 7.12. The lowest BCUT2D eigenvalue weighted by atomic mass is 10.2. The number of likely N-dealkylation sites (tertiary alicyclic amines) is 1. The Morgan fingerprint density at radius 1 is 0.786 bits per heavy atom. The number of carbonyl (C=O) groups is 1. The zero-order valence-corrected chi connectivity index (χ0v) is 16.1. The van der Waals surface area contributed by atoms with Crippen molar-refractivity contribution in [1.29, 1.82) is 0 Å². The minimum Gasteiger partial charge on any atom is -0.370 e. The molecule has 0 spiro atoms. The average Bonchev–Trinajstić information content (AvgIpc) is 3.26. The number of anilines is 3. The van der Waals surface area contributed by atoms with Crippen molar-refractivity contribution in [3.8, 4) is 0 Å². The molecule has 0 aliphatic carbocycles. The molecule has 0 bridgehead atoms. The van der Waals surface area contributed by atoms with E-state index < -0.39 is 0 Å². The lowest BCUT2D eigenvalue weighted by Crippen LogP contribution is -2.42. The number of urea groups is 1. The number of carbonyl (C=O) groups excluding carboxylic acids is 1. The van der Waals surface area contributed by atoms with Gasteiger partial charge in [-0.25, -0.2) is 4.79 Å². The smallest absolute Gasteiger partial charge is 0.329 e. The Morgan fingerprint density at radius 2 is 1.25 bits per heavy atom. The van der Waals surface area contributed by atoms with Crippen LogP contribution >= 0.6 is 0 Å². The Bertz CT molecular complexity index is 859. The summed E-state index contributed by atoms with van der Waals surface area (Å²) in [6.45, 7) is 1.48. The third-order valence-electron chi connectivity index (χ3n) is 5.37. The van der Waals surface area contributed by atoms with Crippen LogP contribution in [0.15, 0.2) is 91.0 Å². The van der Waals surface area contributed by atoms with Gasteiger partial charge < -0.3 is 9.80 Å². The van der Waals surface area contributed by atoms with Crippen molar-refractivity contribution in [3.05, 3.63) is 91.0 Å². The molecule has 1 saturated heterocycles. The second-order valence-corrected chi connectivity index (χ2v) is 7.12. The van der Waals surface area contributed by atoms with Gasteiger partial charge in [0.1, 0.15) is 0 Å². The molecule has 3 aromatic rings. The van der Waals surface area contributed by atoms with Crippen molar-refractivity contribution in [2.45, 2.75) is 12.5 Å². The summed E-state index contributed by atoms with van der Waals surface area (Å²) >= 11 is 0. The van der Waals surface area contributed by atoms with E-state index in [-0.39, 0.29) is 6.03 Å². The number of amides is 2. The number of para-hydroxylation sites is 3. The summed E-state index contributed by atoms with van der Waals surface area (Å²) in [6.07, 6.45) is 0.967. The Morgan fingerprint density at radius 3 is 1.75 bits per heavy atom. The monoisotopic (exact) mass is 371 g/mol. The number of benzene rings is 3. The number of rotatable bonds is 4. The molecule has 3 aromatic carbocycles. The van der Waals surface area contributed by atoms with E-state index in [2.05, 4.69) is 36.2 Å². The van der Waals surface area contributed by atoms with Crippen LogP contribution in [0.3, 0.4) is 0 Å². The Labute approximate surface area is 166 Å². The van der Waals surface area contributed by atoms with Crippen LogP contribution in [0.5, 0.6) is 0 Å². The number of hydrogen-bond donors (Lipinski definition) is 0. The molecule has 28 heavy (non-hydrogen) atoms. The number of nitrogens with zero attached hydrogens (tertiary/aromatic N) is 3. The topological polar surface area (TPSA) is 26.8 Å². The van der Waals surface area contributed by atoms with Crippen LogP contribution in [0.2, 0.25) is 0 Å². The molecule has 0 radical (unpaired) electrons. The number of likely N-dealkylation sites (N-methyl/N-ethyl adjacent to an activating group) is 1. The number of hydrogen-bond acceptors (Lipinski definition) is 2. The molecule has 1 heterocycles. The van der Waals surface area contributed by atoms with Crippen molar-refractivity contribution in [2.75, 3.05) is 29.9 Å². The van der Waals surface area contributed by atoms with Crippen LogP contribution in [0.1, 0.15) is 6.42 Å². The van der Waals surface area contributed by atoms with Gasteiger partial charge in [-0.05, 0) is 42.8 Å². The van der Waals surface area contributed by atoms with E-state index >= 15 is 0 Å². The van der Waals surface area contributed by atoms with Crippen LogP contribution < -0.4 is 9.80 Å². The van der Waals surface area contributed by atoms with Crippen LogP contribution in [0.4, 0.5) is 21.9 Å². The predicted octanol–water partition coefficient (Wildman–Crippen LogP) is 5.16. The quantitative estimate of drug-likeness (QED) is 0.634. The Balaban J connectivity index is 1.55. The maximum atomic E-state index is 13.5. The van der Waals surface area contributed by atoms with Crippen molar-refractivity contribution in [2.24, 2.45) is 0 Å². The Hall–Kier alpha value is -3.27. The van der Waals surface area contributed by atoms with Gasteiger partial charge in [0.2, 0.25) is 0 Å². The molecule has 1 aliphatic rings. The van der Waals surface area contributed by atoms with Gasteiger partial charge in [0.05, 0.1) is 11.4 Å². The maximum Gasteiger partial charge on any atom is 0.329 e. The third kappa shape index (κ3) is 3.72. The first-order valence-electron chi connectivity index (χ1n) is 9.71. The molecule has 0 saturated carbocycles. The van der Waals surface area contributed by atoms with Crippen LogP contribution in [0, 0.1) is 0 Å². The average molecular weight is 371 g/mol. The summed E-state index contributed by atoms with van der Waals surface area (Å²) in [4.78, 5) is 19.5. The van der Waals surface area contributed by atoms with Gasteiger partial charge in [-0.1, -0.05) is 54.6 Å². The SMILES string of the molecule is CN(c1ccccc1)C1CCN(C(=O)N(c2ccccc2)c2ccccc2)C1. The first-order chi connectivity index (χ1) is 13.7. The fourth-order valence-electron chi connectivity index (χ4n) is 3.77. The van der Waals surface area contributed by atoms with Gasteiger partial charge in [0.15, 0.2) is 0 Å². The zero-order chi connectivity index (χ0) is 19.3. The molecule has 1 fully saturated rings. The van der Waals surface area contributed by atoms with Gasteiger partial charge in [-0.3, -0.25) is 4.90 Å². The molecule has 0 N–H and O–H groups in total. The van der Waals surface area contributed by atoms with Gasteiger partial charge in [-0.2, -0.15) is 0 Å². The molecular weight excluding hydrogens is 346 g/mol. The van der Waals surface area contributed by atoms with Crippen molar-refractivity contribution >= 4 is 23.1 Å². The molecule has 0 aromatic heterocycles. The van der Waals surface area contributed by atoms with E-state index in [1.165, 1.54) is 5.69 Å². The zero-order valence-electron chi connectivity index (χ0n) is 16.1. The summed E-state index contributed by atoms with van der Waals surface area (Å²) in [6, 6.07) is 30.4. The highest BCUT2D eigenvalue weighted by Gasteiger charge is 2.32. The van der Waals surface area contributed by atoms with E-state index in [4.69, 9.17) is 0 Å². The standard InChI is InChI=1S/C24H25N3O/c1-25(20-11-5-2-6-12-20)23-17-18-26(19-23)24(28)27(21-13-7-3-8-14-21)22-15-9-4-10-16-22/h2-16,23H,17-19H2,1H3. The minimum absolute atomic E-state index is 0.0290. The normalized spacial score (nSPS) is 16.0. The van der Waals surface area contributed by atoms with Crippen LogP contribution in [-0.2, 0) is 0 Å². The second kappa shape index (κ2) is 8.17. The van der Waals surface area contributed by atoms with Crippen molar-refractivity contribution < 1.29 is 4.79 Å². The lowest BCUT2D eigenvalue weighted by molar-refractivity contribution is 0.217. The van der Waals surface area contributed by atoms with Gasteiger partial charge >= 0.3 is 6.03 Å². The first kappa shape index (κ1) is 18.1. The molecular formula is C24H25N3O. The largest absolute Gasteiger partial charge is 0.370 e. The van der Waals surface area contributed by atoms with Gasteiger partial charge in [0, 0.05) is 31.9 Å². The summed E-state index contributed by atoms with van der Waals surface area (Å²) in [5.41, 5.74) is 2.96. The highest BCUT2D eigenvalue weighted by molar-refractivity contribution is 5.99. The van der Waals surface area contributed by atoms with Gasteiger partial charge in [-0.15, -0.1) is 0 Å². The lowest BCUT2D eigenvalue weighted by Gasteiger charge is -2.30. The van der Waals surface area contributed by atoms with E-state index in [9.17, 15) is 4.79 Å². The maximum absolute atomic E-state index is 13.5. The molecule has 4 heteroatoms. The summed E-state index contributed by atoms with van der Waals surface area (Å²) < 4.78 is 0. The minimum atomic E-state index is 0.0290. The van der Waals surface area contributed by atoms with E-state index in [1.54, 1.807) is 0 Å². The molecule has 2 amide bonds. The summed E-state index contributed by atoms with van der Waals surface area (Å²) in [7, 11) is 2.11. The fraction of sp³-hybridized carbons (Fsp3) is 0.208. The van der Waals surface area contributed by atoms with E-state index in [0.29, 0.717) is 6.04 Å². The summed E-state index contributed by atoms with van der Waals surface area (Å²) in [5.74, 6) is 0. The highest BCUT2D eigenvalue weighted by atomic mass is 16.2. The first-order valence-corrected chi connectivity index (χ1v) is 9.71. The van der Waals surface area contributed by atoms with Crippen molar-refractivity contribution in [3.63, 3.8) is 0 Å². The van der Waals surface area contributed by atoms with Crippen molar-refractivity contribution in [1.82, 2.24) is 4.90 Å². The molecule has 4 nitrogen and oxygen atoms in total.